The van der Waals surface area contributed by atoms with Crippen LogP contribution in [0.3, 0.4) is 0 Å². The monoisotopic (exact) mass is 202 g/mol. The second-order valence-electron chi connectivity index (χ2n) is 4.27. The van der Waals surface area contributed by atoms with E-state index in [-0.39, 0.29) is 0 Å². The first-order chi connectivity index (χ1) is 7.25. The number of allylic oxidation sites excluding steroid dienone is 7. The van der Waals surface area contributed by atoms with Gasteiger partial charge in [-0.05, 0) is 24.7 Å². The van der Waals surface area contributed by atoms with Crippen molar-refractivity contribution >= 4 is 0 Å². The van der Waals surface area contributed by atoms with Crippen LogP contribution in [0.25, 0.3) is 0 Å². The van der Waals surface area contributed by atoms with Crippen molar-refractivity contribution < 1.29 is 0 Å². The molecule has 0 radical (unpaired) electrons. The Morgan fingerprint density at radius 2 is 2.33 bits per heavy atom. The quantitative estimate of drug-likeness (QED) is 0.568. The molecule has 0 N–H and O–H groups in total. The highest BCUT2D eigenvalue weighted by molar-refractivity contribution is 5.22. The Kier molecular flexibility index (Phi) is 5.17. The maximum absolute atomic E-state index is 4.16. The van der Waals surface area contributed by atoms with Crippen molar-refractivity contribution in [3.8, 4) is 0 Å². The van der Waals surface area contributed by atoms with Crippen LogP contribution < -0.4 is 0 Å². The van der Waals surface area contributed by atoms with Gasteiger partial charge in [0.05, 0.1) is 0 Å². The summed E-state index contributed by atoms with van der Waals surface area (Å²) in [7, 11) is 0. The third kappa shape index (κ3) is 3.91. The molecule has 1 aliphatic carbocycles. The van der Waals surface area contributed by atoms with Gasteiger partial charge < -0.3 is 0 Å². The van der Waals surface area contributed by atoms with E-state index in [1.807, 2.05) is 0 Å². The summed E-state index contributed by atoms with van der Waals surface area (Å²) in [5.41, 5.74) is 1.26. The molecule has 2 atom stereocenters. The van der Waals surface area contributed by atoms with E-state index < -0.39 is 0 Å². The van der Waals surface area contributed by atoms with Crippen LogP contribution in [0, 0.1) is 11.8 Å². The summed E-state index contributed by atoms with van der Waals surface area (Å²) >= 11 is 0. The van der Waals surface area contributed by atoms with Gasteiger partial charge in [0.25, 0.3) is 0 Å². The molecule has 0 amide bonds. The Morgan fingerprint density at radius 3 is 2.93 bits per heavy atom. The molecule has 0 aromatic heterocycles. The average Bonchev–Trinajstić information content (AvgIpc) is 2.29. The first-order valence-electron chi connectivity index (χ1n) is 5.94. The first-order valence-corrected chi connectivity index (χ1v) is 5.94. The van der Waals surface area contributed by atoms with Gasteiger partial charge in [-0.3, -0.25) is 0 Å². The molecule has 0 spiro atoms. The Morgan fingerprint density at radius 1 is 1.53 bits per heavy atom. The summed E-state index contributed by atoms with van der Waals surface area (Å²) in [6, 6.07) is 0. The minimum absolute atomic E-state index is 0.555. The van der Waals surface area contributed by atoms with E-state index in [1.54, 1.807) is 0 Å². The Labute approximate surface area is 94.1 Å². The summed E-state index contributed by atoms with van der Waals surface area (Å²) in [6.45, 7) is 8.63. The van der Waals surface area contributed by atoms with E-state index in [2.05, 4.69) is 56.9 Å². The smallest absolute Gasteiger partial charge is 0.0130 e. The van der Waals surface area contributed by atoms with Gasteiger partial charge in [0.15, 0.2) is 0 Å². The van der Waals surface area contributed by atoms with Crippen LogP contribution >= 0.6 is 0 Å². The molecule has 0 aromatic carbocycles. The normalized spacial score (nSPS) is 22.1. The SMILES string of the molecule is C=C(/C=C\CCC)C(C)[C@@H]1C=CC=CC1. The summed E-state index contributed by atoms with van der Waals surface area (Å²) in [5.74, 6) is 1.19. The number of rotatable bonds is 5. The van der Waals surface area contributed by atoms with Crippen LogP contribution in [-0.2, 0) is 0 Å². The highest BCUT2D eigenvalue weighted by atomic mass is 14.2. The van der Waals surface area contributed by atoms with E-state index >= 15 is 0 Å². The second kappa shape index (κ2) is 6.44. The molecule has 0 nitrogen and oxygen atoms in total. The zero-order valence-electron chi connectivity index (χ0n) is 9.95. The lowest BCUT2D eigenvalue weighted by molar-refractivity contribution is 0.499. The van der Waals surface area contributed by atoms with Gasteiger partial charge in [0, 0.05) is 0 Å². The highest BCUT2D eigenvalue weighted by Gasteiger charge is 2.15. The Hall–Kier alpha value is -1.04. The third-order valence-corrected chi connectivity index (χ3v) is 3.03. The topological polar surface area (TPSA) is 0 Å². The minimum atomic E-state index is 0.555. The molecule has 0 saturated heterocycles. The van der Waals surface area contributed by atoms with E-state index in [9.17, 15) is 0 Å². The van der Waals surface area contributed by atoms with Crippen LogP contribution in [0.1, 0.15) is 33.1 Å². The van der Waals surface area contributed by atoms with E-state index in [4.69, 9.17) is 0 Å². The number of hydrogen-bond donors (Lipinski definition) is 0. The fourth-order valence-electron chi connectivity index (χ4n) is 1.80. The fourth-order valence-corrected chi connectivity index (χ4v) is 1.80. The van der Waals surface area contributed by atoms with Gasteiger partial charge in [-0.15, -0.1) is 0 Å². The Balaban J connectivity index is 2.45. The molecule has 1 unspecified atom stereocenters. The lowest BCUT2D eigenvalue weighted by atomic mass is 9.83. The van der Waals surface area contributed by atoms with Crippen LogP contribution in [0.4, 0.5) is 0 Å². The minimum Gasteiger partial charge on any atom is -0.0955 e. The van der Waals surface area contributed by atoms with Crippen LogP contribution in [0.15, 0.2) is 48.6 Å². The van der Waals surface area contributed by atoms with Gasteiger partial charge in [0.2, 0.25) is 0 Å². The van der Waals surface area contributed by atoms with Gasteiger partial charge in [-0.1, -0.05) is 68.9 Å². The molecule has 0 aliphatic heterocycles. The molecule has 0 fully saturated rings. The predicted molar refractivity (Wildman–Crippen MR) is 68.7 cm³/mol. The summed E-state index contributed by atoms with van der Waals surface area (Å²) in [6.07, 6.45) is 16.8. The van der Waals surface area contributed by atoms with Crippen LogP contribution in [0.2, 0.25) is 0 Å². The van der Waals surface area contributed by atoms with E-state index in [0.29, 0.717) is 11.8 Å². The lowest BCUT2D eigenvalue weighted by Crippen LogP contribution is -2.10. The molecule has 0 saturated carbocycles. The maximum Gasteiger partial charge on any atom is -0.0130 e. The molecule has 0 heteroatoms. The molecular weight excluding hydrogens is 180 g/mol. The van der Waals surface area contributed by atoms with Crippen molar-refractivity contribution in [3.63, 3.8) is 0 Å². The van der Waals surface area contributed by atoms with Gasteiger partial charge in [-0.25, -0.2) is 0 Å². The average molecular weight is 202 g/mol. The van der Waals surface area contributed by atoms with Gasteiger partial charge in [-0.2, -0.15) is 0 Å². The third-order valence-electron chi connectivity index (χ3n) is 3.03. The predicted octanol–water partition coefficient (Wildman–Crippen LogP) is 4.67. The standard InChI is InChI=1S/C15H22/c1-4-5-7-10-13(2)14(3)15-11-8-6-9-12-15/h6-11,14-15H,2,4-5,12H2,1,3H3/b10-7-/t14?,15-/m1/s1. The van der Waals surface area contributed by atoms with Crippen molar-refractivity contribution in [3.05, 3.63) is 48.6 Å². The van der Waals surface area contributed by atoms with Gasteiger partial charge in [0.1, 0.15) is 0 Å². The van der Waals surface area contributed by atoms with E-state index in [1.165, 1.54) is 12.0 Å². The fraction of sp³-hybridized carbons (Fsp3) is 0.467. The number of unbranched alkanes of at least 4 members (excludes halogenated alkanes) is 1. The van der Waals surface area contributed by atoms with Crippen molar-refractivity contribution in [2.75, 3.05) is 0 Å². The van der Waals surface area contributed by atoms with E-state index in [0.717, 1.165) is 12.8 Å². The van der Waals surface area contributed by atoms with Gasteiger partial charge >= 0.3 is 0 Å². The van der Waals surface area contributed by atoms with Crippen molar-refractivity contribution in [2.24, 2.45) is 11.8 Å². The summed E-state index contributed by atoms with van der Waals surface area (Å²) in [4.78, 5) is 0. The zero-order chi connectivity index (χ0) is 11.1. The van der Waals surface area contributed by atoms with Crippen molar-refractivity contribution in [2.45, 2.75) is 33.1 Å². The maximum atomic E-state index is 4.16. The van der Waals surface area contributed by atoms with Crippen molar-refractivity contribution in [1.82, 2.24) is 0 Å². The molecule has 1 rings (SSSR count). The lowest BCUT2D eigenvalue weighted by Gasteiger charge is -2.21. The molecule has 0 bridgehead atoms. The molecule has 15 heavy (non-hydrogen) atoms. The Bertz CT molecular complexity index is 278. The summed E-state index contributed by atoms with van der Waals surface area (Å²) < 4.78 is 0. The van der Waals surface area contributed by atoms with Crippen molar-refractivity contribution in [1.29, 1.82) is 0 Å². The summed E-state index contributed by atoms with van der Waals surface area (Å²) in [5, 5.41) is 0. The highest BCUT2D eigenvalue weighted by Crippen LogP contribution is 2.26. The molecule has 82 valence electrons. The first kappa shape index (κ1) is 12.0. The van der Waals surface area contributed by atoms with Crippen LogP contribution in [-0.4, -0.2) is 0 Å². The molecular formula is C15H22. The molecule has 0 heterocycles. The molecule has 0 aromatic rings. The second-order valence-corrected chi connectivity index (χ2v) is 4.27. The van der Waals surface area contributed by atoms with Crippen LogP contribution in [0.5, 0.6) is 0 Å². The zero-order valence-corrected chi connectivity index (χ0v) is 9.95. The largest absolute Gasteiger partial charge is 0.0955 e. The number of hydrogen-bond acceptors (Lipinski definition) is 0. The molecule has 1 aliphatic rings.